The van der Waals surface area contributed by atoms with E-state index in [1.165, 1.54) is 18.7 Å². The summed E-state index contributed by atoms with van der Waals surface area (Å²) < 4.78 is 7.30. The zero-order valence-corrected chi connectivity index (χ0v) is 16.7. The van der Waals surface area contributed by atoms with Gasteiger partial charge in [-0.1, -0.05) is 17.8 Å². The van der Waals surface area contributed by atoms with Gasteiger partial charge >= 0.3 is 0 Å². The summed E-state index contributed by atoms with van der Waals surface area (Å²) >= 11 is 1.31. The van der Waals surface area contributed by atoms with Gasteiger partial charge in [0.25, 0.3) is 0 Å². The molecule has 146 valence electrons. The Balaban J connectivity index is 1.65. The van der Waals surface area contributed by atoms with Crippen LogP contribution in [-0.2, 0) is 16.1 Å². The Morgan fingerprint density at radius 3 is 2.57 bits per heavy atom. The van der Waals surface area contributed by atoms with Crippen LogP contribution < -0.4 is 10.6 Å². The molecule has 0 aliphatic heterocycles. The number of anilines is 2. The van der Waals surface area contributed by atoms with Gasteiger partial charge in [-0.25, -0.2) is 0 Å². The summed E-state index contributed by atoms with van der Waals surface area (Å²) in [6, 6.07) is 8.85. The first kappa shape index (κ1) is 19.7. The third-order valence-corrected chi connectivity index (χ3v) is 4.90. The lowest BCUT2D eigenvalue weighted by molar-refractivity contribution is -0.114. The average molecular weight is 399 g/mol. The lowest BCUT2D eigenvalue weighted by Gasteiger charge is -2.09. The number of carbonyl (C=O) groups is 2. The molecule has 2 heterocycles. The molecule has 2 amide bonds. The normalized spacial score (nSPS) is 10.7. The third kappa shape index (κ3) is 4.61. The lowest BCUT2D eigenvalue weighted by atomic mass is 10.2. The van der Waals surface area contributed by atoms with Crippen molar-refractivity contribution in [3.8, 4) is 11.4 Å². The summed E-state index contributed by atoms with van der Waals surface area (Å²) in [4.78, 5) is 23.5. The molecule has 0 atom stereocenters. The van der Waals surface area contributed by atoms with E-state index in [9.17, 15) is 9.59 Å². The highest BCUT2D eigenvalue weighted by molar-refractivity contribution is 7.99. The molecular formula is C19H21N5O3S. The van der Waals surface area contributed by atoms with Crippen LogP contribution in [0.1, 0.15) is 19.6 Å². The van der Waals surface area contributed by atoms with Crippen molar-refractivity contribution >= 4 is 35.0 Å². The highest BCUT2D eigenvalue weighted by atomic mass is 32.2. The average Bonchev–Trinajstić information content (AvgIpc) is 3.24. The fourth-order valence-electron chi connectivity index (χ4n) is 2.70. The van der Waals surface area contributed by atoms with Crippen molar-refractivity contribution in [3.63, 3.8) is 0 Å². The maximum atomic E-state index is 12.3. The van der Waals surface area contributed by atoms with Gasteiger partial charge in [-0.05, 0) is 38.1 Å². The van der Waals surface area contributed by atoms with Gasteiger partial charge in [0, 0.05) is 24.8 Å². The molecule has 0 saturated carbocycles. The van der Waals surface area contributed by atoms with Crippen LogP contribution in [0.3, 0.4) is 0 Å². The number of nitrogens with zero attached hydrogens (tertiary/aromatic N) is 3. The van der Waals surface area contributed by atoms with Crippen molar-refractivity contribution in [2.24, 2.45) is 0 Å². The Morgan fingerprint density at radius 1 is 1.18 bits per heavy atom. The van der Waals surface area contributed by atoms with E-state index in [2.05, 4.69) is 20.8 Å². The molecule has 0 saturated heterocycles. The van der Waals surface area contributed by atoms with Gasteiger partial charge in [0.2, 0.25) is 11.8 Å². The van der Waals surface area contributed by atoms with Gasteiger partial charge in [0.15, 0.2) is 11.0 Å². The smallest absolute Gasteiger partial charge is 0.234 e. The minimum Gasteiger partial charge on any atom is -0.469 e. The number of nitrogens with one attached hydrogen (secondary N) is 2. The monoisotopic (exact) mass is 399 g/mol. The largest absolute Gasteiger partial charge is 0.469 e. The zero-order valence-electron chi connectivity index (χ0n) is 15.9. The topological polar surface area (TPSA) is 102 Å². The molecule has 0 spiro atoms. The van der Waals surface area contributed by atoms with Crippen LogP contribution in [0.4, 0.5) is 11.4 Å². The van der Waals surface area contributed by atoms with Gasteiger partial charge in [0.05, 0.1) is 17.6 Å². The van der Waals surface area contributed by atoms with Gasteiger partial charge in [0.1, 0.15) is 5.76 Å². The predicted molar refractivity (Wildman–Crippen MR) is 108 cm³/mol. The molecule has 2 N–H and O–H groups in total. The summed E-state index contributed by atoms with van der Waals surface area (Å²) in [6.45, 7) is 5.99. The van der Waals surface area contributed by atoms with Gasteiger partial charge < -0.3 is 19.6 Å². The summed E-state index contributed by atoms with van der Waals surface area (Å²) in [5.74, 6) is 1.35. The van der Waals surface area contributed by atoms with Crippen LogP contribution in [0.25, 0.3) is 11.4 Å². The molecule has 0 aliphatic rings. The molecular weight excluding hydrogens is 378 g/mol. The number of furan rings is 1. The van der Waals surface area contributed by atoms with Gasteiger partial charge in [-0.3, -0.25) is 9.59 Å². The second-order valence-electron chi connectivity index (χ2n) is 6.04. The molecule has 3 rings (SSSR count). The van der Waals surface area contributed by atoms with E-state index in [1.807, 2.05) is 24.5 Å². The van der Waals surface area contributed by atoms with Crippen LogP contribution in [0, 0.1) is 6.92 Å². The molecule has 0 radical (unpaired) electrons. The number of thioether (sulfide) groups is 1. The van der Waals surface area contributed by atoms with E-state index < -0.39 is 0 Å². The minimum atomic E-state index is -0.170. The third-order valence-electron chi connectivity index (χ3n) is 3.93. The molecule has 0 fully saturated rings. The Hall–Kier alpha value is -3.07. The first-order chi connectivity index (χ1) is 13.5. The molecule has 2 aromatic heterocycles. The van der Waals surface area contributed by atoms with Crippen LogP contribution in [0.15, 0.2) is 46.2 Å². The number of amides is 2. The van der Waals surface area contributed by atoms with E-state index in [0.29, 0.717) is 23.1 Å². The number of carbonyl (C=O) groups excluding carboxylic acids is 2. The number of aromatic nitrogens is 3. The van der Waals surface area contributed by atoms with E-state index in [-0.39, 0.29) is 17.6 Å². The van der Waals surface area contributed by atoms with Crippen molar-refractivity contribution < 1.29 is 14.0 Å². The lowest BCUT2D eigenvalue weighted by Crippen LogP contribution is -2.15. The molecule has 0 aliphatic carbocycles. The summed E-state index contributed by atoms with van der Waals surface area (Å²) in [5, 5.41) is 14.6. The summed E-state index contributed by atoms with van der Waals surface area (Å²) in [7, 11) is 0. The highest BCUT2D eigenvalue weighted by Gasteiger charge is 2.17. The van der Waals surface area contributed by atoms with Crippen LogP contribution in [0.2, 0.25) is 0 Å². The Labute approximate surface area is 166 Å². The fourth-order valence-corrected chi connectivity index (χ4v) is 3.50. The Morgan fingerprint density at radius 2 is 1.93 bits per heavy atom. The quantitative estimate of drug-likeness (QED) is 0.589. The Bertz CT molecular complexity index is 995. The molecule has 8 nitrogen and oxygen atoms in total. The van der Waals surface area contributed by atoms with Crippen molar-refractivity contribution in [3.05, 3.63) is 42.4 Å². The number of rotatable bonds is 7. The van der Waals surface area contributed by atoms with Gasteiger partial charge in [-0.2, -0.15) is 0 Å². The molecule has 0 bridgehead atoms. The molecule has 1 aromatic carbocycles. The van der Waals surface area contributed by atoms with E-state index in [1.54, 1.807) is 30.5 Å². The number of aryl methyl sites for hydroxylation is 1. The maximum Gasteiger partial charge on any atom is 0.234 e. The second-order valence-corrected chi connectivity index (χ2v) is 6.98. The first-order valence-electron chi connectivity index (χ1n) is 8.76. The fraction of sp³-hybridized carbons (Fsp3) is 0.263. The van der Waals surface area contributed by atoms with Crippen LogP contribution >= 0.6 is 11.8 Å². The van der Waals surface area contributed by atoms with Crippen molar-refractivity contribution in [2.45, 2.75) is 32.5 Å². The number of benzene rings is 1. The van der Waals surface area contributed by atoms with Crippen LogP contribution in [-0.4, -0.2) is 32.3 Å². The van der Waals surface area contributed by atoms with Crippen LogP contribution in [0.5, 0.6) is 0 Å². The first-order valence-corrected chi connectivity index (χ1v) is 9.74. The van der Waals surface area contributed by atoms with E-state index in [4.69, 9.17) is 4.42 Å². The van der Waals surface area contributed by atoms with E-state index >= 15 is 0 Å². The highest BCUT2D eigenvalue weighted by Crippen LogP contribution is 2.27. The molecule has 0 unspecified atom stereocenters. The Kier molecular flexibility index (Phi) is 6.15. The number of hydrogen-bond donors (Lipinski definition) is 2. The molecule has 9 heteroatoms. The molecule has 3 aromatic rings. The number of hydrogen-bond acceptors (Lipinski definition) is 6. The summed E-state index contributed by atoms with van der Waals surface area (Å²) in [6.07, 6.45) is 1.62. The van der Waals surface area contributed by atoms with Gasteiger partial charge in [-0.15, -0.1) is 10.2 Å². The van der Waals surface area contributed by atoms with Crippen molar-refractivity contribution in [1.82, 2.24) is 14.8 Å². The predicted octanol–water partition coefficient (Wildman–Crippen LogP) is 3.56. The SMILES string of the molecule is CCn1c(SCC(=O)Nc2cccc(NC(C)=O)c2)nnc1-c1ccoc1C. The molecule has 28 heavy (non-hydrogen) atoms. The van der Waals surface area contributed by atoms with Crippen molar-refractivity contribution in [2.75, 3.05) is 16.4 Å². The van der Waals surface area contributed by atoms with E-state index in [0.717, 1.165) is 17.1 Å². The standard InChI is InChI=1S/C19H21N5O3S/c1-4-24-18(16-8-9-27-12(16)2)22-23-19(24)28-11-17(26)21-15-7-5-6-14(10-15)20-13(3)25/h5-10H,4,11H2,1-3H3,(H,20,25)(H,21,26). The second kappa shape index (κ2) is 8.75. The zero-order chi connectivity index (χ0) is 20.1. The van der Waals surface area contributed by atoms with Crippen molar-refractivity contribution in [1.29, 1.82) is 0 Å². The minimum absolute atomic E-state index is 0.165. The maximum absolute atomic E-state index is 12.3. The summed E-state index contributed by atoms with van der Waals surface area (Å²) in [5.41, 5.74) is 2.13.